The van der Waals surface area contributed by atoms with Crippen molar-refractivity contribution in [2.45, 2.75) is 37.5 Å². The maximum Gasteiger partial charge on any atom is 0.226 e. The molecule has 1 spiro atoms. The van der Waals surface area contributed by atoms with E-state index in [1.54, 1.807) is 4.90 Å². The van der Waals surface area contributed by atoms with Crippen molar-refractivity contribution in [3.05, 3.63) is 0 Å². The van der Waals surface area contributed by atoms with E-state index in [-0.39, 0.29) is 24.5 Å². The second-order valence-electron chi connectivity index (χ2n) is 5.82. The highest BCUT2D eigenvalue weighted by Crippen LogP contribution is 2.39. The molecule has 1 atom stereocenters. The van der Waals surface area contributed by atoms with Gasteiger partial charge in [0.1, 0.15) is 0 Å². The predicted octanol–water partition coefficient (Wildman–Crippen LogP) is 0.139. The molecular formula is C14H23NO5. The number of ether oxygens (including phenoxy) is 3. The lowest BCUT2D eigenvalue weighted by molar-refractivity contribution is -0.186. The first kappa shape index (κ1) is 14.3. The van der Waals surface area contributed by atoms with Gasteiger partial charge in [-0.15, -0.1) is 0 Å². The zero-order valence-corrected chi connectivity index (χ0v) is 11.8. The molecule has 1 N–H and O–H groups in total. The molecule has 0 aromatic heterocycles. The van der Waals surface area contributed by atoms with Gasteiger partial charge in [0.15, 0.2) is 5.79 Å². The Bertz CT molecular complexity index is 345. The number of aliphatic hydroxyl groups is 1. The highest BCUT2D eigenvalue weighted by molar-refractivity contribution is 5.79. The molecule has 1 saturated carbocycles. The van der Waals surface area contributed by atoms with Crippen LogP contribution in [-0.2, 0) is 19.0 Å². The van der Waals surface area contributed by atoms with E-state index in [1.807, 2.05) is 0 Å². The summed E-state index contributed by atoms with van der Waals surface area (Å²) in [6, 6.07) is -0.189. The van der Waals surface area contributed by atoms with E-state index < -0.39 is 5.79 Å². The summed E-state index contributed by atoms with van der Waals surface area (Å²) in [4.78, 5) is 14.4. The number of aliphatic hydroxyl groups excluding tert-OH is 1. The topological polar surface area (TPSA) is 68.2 Å². The Labute approximate surface area is 119 Å². The Balaban J connectivity index is 1.58. The van der Waals surface area contributed by atoms with Gasteiger partial charge < -0.3 is 24.2 Å². The fourth-order valence-corrected chi connectivity index (χ4v) is 3.42. The Morgan fingerprint density at radius 1 is 1.20 bits per heavy atom. The Morgan fingerprint density at radius 3 is 2.55 bits per heavy atom. The third kappa shape index (κ3) is 2.70. The summed E-state index contributed by atoms with van der Waals surface area (Å²) < 4.78 is 16.7. The first-order chi connectivity index (χ1) is 9.74. The molecule has 6 heteroatoms. The van der Waals surface area contributed by atoms with Gasteiger partial charge in [-0.05, 0) is 12.8 Å². The predicted molar refractivity (Wildman–Crippen MR) is 70.0 cm³/mol. The van der Waals surface area contributed by atoms with E-state index in [0.29, 0.717) is 33.0 Å². The SMILES string of the molecule is O=C(C1CCC2(CC1)OCCO2)N1CCOCC1CO. The second-order valence-corrected chi connectivity index (χ2v) is 5.82. The van der Waals surface area contributed by atoms with Crippen molar-refractivity contribution in [1.82, 2.24) is 4.90 Å². The third-order valence-corrected chi connectivity index (χ3v) is 4.63. The number of rotatable bonds is 2. The van der Waals surface area contributed by atoms with Gasteiger partial charge in [-0.25, -0.2) is 0 Å². The number of carbonyl (C=O) groups excluding carboxylic acids is 1. The van der Waals surface area contributed by atoms with Gasteiger partial charge in [0, 0.05) is 25.3 Å². The minimum atomic E-state index is -0.418. The van der Waals surface area contributed by atoms with Crippen LogP contribution in [0.25, 0.3) is 0 Å². The largest absolute Gasteiger partial charge is 0.394 e. The standard InChI is InChI=1S/C14H23NO5/c16-9-12-10-18-6-5-15(12)13(17)11-1-3-14(4-2-11)19-7-8-20-14/h11-12,16H,1-10H2. The van der Waals surface area contributed by atoms with E-state index in [4.69, 9.17) is 14.2 Å². The van der Waals surface area contributed by atoms with Gasteiger partial charge in [-0.1, -0.05) is 0 Å². The van der Waals surface area contributed by atoms with E-state index in [2.05, 4.69) is 0 Å². The molecule has 3 rings (SSSR count). The molecule has 1 aliphatic carbocycles. The van der Waals surface area contributed by atoms with Gasteiger partial charge in [-0.2, -0.15) is 0 Å². The maximum absolute atomic E-state index is 12.6. The molecular weight excluding hydrogens is 262 g/mol. The Kier molecular flexibility index (Phi) is 4.26. The summed E-state index contributed by atoms with van der Waals surface area (Å²) in [5.41, 5.74) is 0. The maximum atomic E-state index is 12.6. The average Bonchev–Trinajstić information content (AvgIpc) is 2.95. The Hall–Kier alpha value is -0.690. The molecule has 1 amide bonds. The molecule has 114 valence electrons. The minimum Gasteiger partial charge on any atom is -0.394 e. The summed E-state index contributed by atoms with van der Waals surface area (Å²) in [5.74, 6) is -0.237. The Morgan fingerprint density at radius 2 is 1.90 bits per heavy atom. The molecule has 2 aliphatic heterocycles. The zero-order valence-electron chi connectivity index (χ0n) is 11.8. The van der Waals surface area contributed by atoms with Crippen molar-refractivity contribution < 1.29 is 24.1 Å². The van der Waals surface area contributed by atoms with Gasteiger partial charge in [-0.3, -0.25) is 4.79 Å². The molecule has 2 saturated heterocycles. The van der Waals surface area contributed by atoms with Gasteiger partial charge in [0.05, 0.1) is 39.1 Å². The second kappa shape index (κ2) is 5.97. The van der Waals surface area contributed by atoms with Crippen LogP contribution in [0, 0.1) is 5.92 Å². The summed E-state index contributed by atoms with van der Waals surface area (Å²) in [6.45, 7) is 2.87. The smallest absolute Gasteiger partial charge is 0.226 e. The van der Waals surface area contributed by atoms with Gasteiger partial charge in [0.25, 0.3) is 0 Å². The van der Waals surface area contributed by atoms with E-state index in [0.717, 1.165) is 25.7 Å². The molecule has 6 nitrogen and oxygen atoms in total. The van der Waals surface area contributed by atoms with Crippen LogP contribution >= 0.6 is 0 Å². The molecule has 0 aromatic rings. The third-order valence-electron chi connectivity index (χ3n) is 4.63. The first-order valence-corrected chi connectivity index (χ1v) is 7.51. The number of amides is 1. The summed E-state index contributed by atoms with van der Waals surface area (Å²) in [5, 5.41) is 9.36. The number of hydrogen-bond donors (Lipinski definition) is 1. The first-order valence-electron chi connectivity index (χ1n) is 7.51. The van der Waals surface area contributed by atoms with E-state index in [1.165, 1.54) is 0 Å². The van der Waals surface area contributed by atoms with Crippen molar-refractivity contribution in [2.75, 3.05) is 39.6 Å². The van der Waals surface area contributed by atoms with Crippen LogP contribution in [0.5, 0.6) is 0 Å². The molecule has 2 heterocycles. The van der Waals surface area contributed by atoms with Gasteiger partial charge in [0.2, 0.25) is 5.91 Å². The number of hydrogen-bond acceptors (Lipinski definition) is 5. The fourth-order valence-electron chi connectivity index (χ4n) is 3.42. The van der Waals surface area contributed by atoms with Crippen LogP contribution in [0.4, 0.5) is 0 Å². The van der Waals surface area contributed by atoms with Crippen LogP contribution in [0.15, 0.2) is 0 Å². The van der Waals surface area contributed by atoms with E-state index in [9.17, 15) is 9.90 Å². The number of morpholine rings is 1. The molecule has 0 aromatic carbocycles. The monoisotopic (exact) mass is 285 g/mol. The lowest BCUT2D eigenvalue weighted by Gasteiger charge is -2.40. The van der Waals surface area contributed by atoms with Crippen molar-refractivity contribution in [3.63, 3.8) is 0 Å². The van der Waals surface area contributed by atoms with Crippen molar-refractivity contribution in [1.29, 1.82) is 0 Å². The highest BCUT2D eigenvalue weighted by atomic mass is 16.7. The van der Waals surface area contributed by atoms with Crippen molar-refractivity contribution in [3.8, 4) is 0 Å². The summed E-state index contributed by atoms with van der Waals surface area (Å²) >= 11 is 0. The normalized spacial score (nSPS) is 30.9. The summed E-state index contributed by atoms with van der Waals surface area (Å²) in [6.07, 6.45) is 3.18. The van der Waals surface area contributed by atoms with Crippen molar-refractivity contribution >= 4 is 5.91 Å². The van der Waals surface area contributed by atoms with Crippen LogP contribution in [-0.4, -0.2) is 67.3 Å². The lowest BCUT2D eigenvalue weighted by atomic mass is 9.84. The molecule has 3 aliphatic rings. The van der Waals surface area contributed by atoms with Crippen LogP contribution < -0.4 is 0 Å². The number of nitrogens with zero attached hydrogens (tertiary/aromatic N) is 1. The highest BCUT2D eigenvalue weighted by Gasteiger charge is 2.43. The lowest BCUT2D eigenvalue weighted by Crippen LogP contribution is -2.53. The van der Waals surface area contributed by atoms with Crippen LogP contribution in [0.2, 0.25) is 0 Å². The van der Waals surface area contributed by atoms with Crippen molar-refractivity contribution in [2.24, 2.45) is 5.92 Å². The quantitative estimate of drug-likeness (QED) is 0.781. The fraction of sp³-hybridized carbons (Fsp3) is 0.929. The average molecular weight is 285 g/mol. The minimum absolute atomic E-state index is 0.0283. The van der Waals surface area contributed by atoms with E-state index >= 15 is 0 Å². The molecule has 0 radical (unpaired) electrons. The molecule has 0 bridgehead atoms. The van der Waals surface area contributed by atoms with Crippen LogP contribution in [0.1, 0.15) is 25.7 Å². The molecule has 3 fully saturated rings. The number of carbonyl (C=O) groups is 1. The van der Waals surface area contributed by atoms with Gasteiger partial charge >= 0.3 is 0 Å². The zero-order chi connectivity index (χ0) is 14.0. The van der Waals surface area contributed by atoms with Crippen LogP contribution in [0.3, 0.4) is 0 Å². The summed E-state index contributed by atoms with van der Waals surface area (Å²) in [7, 11) is 0. The molecule has 1 unspecified atom stereocenters. The molecule has 20 heavy (non-hydrogen) atoms.